The van der Waals surface area contributed by atoms with Crippen LogP contribution in [0.3, 0.4) is 0 Å². The van der Waals surface area contributed by atoms with Gasteiger partial charge in [-0.15, -0.1) is 12.4 Å². The van der Waals surface area contributed by atoms with Crippen LogP contribution >= 0.6 is 12.4 Å². The maximum Gasteiger partial charge on any atom is 0.253 e. The predicted molar refractivity (Wildman–Crippen MR) is 76.0 cm³/mol. The number of nitrogens with zero attached hydrogens (tertiary/aromatic N) is 1. The molecule has 8 heteroatoms. The van der Waals surface area contributed by atoms with Gasteiger partial charge in [-0.25, -0.2) is 13.1 Å². The van der Waals surface area contributed by atoms with Crippen LogP contribution < -0.4 is 10.5 Å². The van der Waals surface area contributed by atoms with Gasteiger partial charge in [0, 0.05) is 32.7 Å². The lowest BCUT2D eigenvalue weighted by Crippen LogP contribution is -2.29. The van der Waals surface area contributed by atoms with E-state index in [1.54, 1.807) is 14.1 Å². The molecule has 108 valence electrons. The van der Waals surface area contributed by atoms with Crippen molar-refractivity contribution in [1.82, 2.24) is 9.62 Å². The molecule has 0 heterocycles. The minimum Gasteiger partial charge on any atom is -0.345 e. The molecule has 0 aliphatic heterocycles. The van der Waals surface area contributed by atoms with E-state index in [2.05, 4.69) is 4.72 Å². The van der Waals surface area contributed by atoms with Gasteiger partial charge < -0.3 is 10.6 Å². The molecule has 0 saturated heterocycles. The number of carbonyl (C=O) groups is 1. The molecule has 0 atom stereocenters. The molecule has 0 saturated carbocycles. The summed E-state index contributed by atoms with van der Waals surface area (Å²) in [6, 6.07) is 5.77. The molecule has 6 nitrogen and oxygen atoms in total. The average molecular weight is 308 g/mol. The summed E-state index contributed by atoms with van der Waals surface area (Å²) >= 11 is 0. The highest BCUT2D eigenvalue weighted by Gasteiger charge is 2.14. The predicted octanol–water partition coefficient (Wildman–Crippen LogP) is 0.0472. The van der Waals surface area contributed by atoms with Gasteiger partial charge >= 0.3 is 0 Å². The molecule has 19 heavy (non-hydrogen) atoms. The largest absolute Gasteiger partial charge is 0.345 e. The molecule has 1 aromatic carbocycles. The molecule has 0 aliphatic carbocycles. The van der Waals surface area contributed by atoms with Crippen molar-refractivity contribution in [2.75, 3.05) is 27.2 Å². The summed E-state index contributed by atoms with van der Waals surface area (Å²) in [5, 5.41) is 0. The van der Waals surface area contributed by atoms with Gasteiger partial charge in [-0.3, -0.25) is 4.79 Å². The van der Waals surface area contributed by atoms with Crippen molar-refractivity contribution in [3.05, 3.63) is 29.8 Å². The minimum absolute atomic E-state index is 0. The van der Waals surface area contributed by atoms with E-state index in [0.717, 1.165) is 0 Å². The monoisotopic (exact) mass is 307 g/mol. The zero-order valence-electron chi connectivity index (χ0n) is 10.8. The molecule has 0 fully saturated rings. The Labute approximate surface area is 119 Å². The Hall–Kier alpha value is -1.15. The topological polar surface area (TPSA) is 92.5 Å². The van der Waals surface area contributed by atoms with Gasteiger partial charge in [0.15, 0.2) is 0 Å². The molecular weight excluding hydrogens is 290 g/mol. The van der Waals surface area contributed by atoms with Crippen molar-refractivity contribution in [3.8, 4) is 0 Å². The smallest absolute Gasteiger partial charge is 0.253 e. The third-order valence-corrected chi connectivity index (χ3v) is 3.73. The van der Waals surface area contributed by atoms with E-state index in [0.29, 0.717) is 5.56 Å². The van der Waals surface area contributed by atoms with Gasteiger partial charge in [0.2, 0.25) is 10.0 Å². The first kappa shape index (κ1) is 17.8. The van der Waals surface area contributed by atoms with Crippen LogP contribution in [0.5, 0.6) is 0 Å². The van der Waals surface area contributed by atoms with Crippen LogP contribution in [0.25, 0.3) is 0 Å². The van der Waals surface area contributed by atoms with E-state index in [9.17, 15) is 13.2 Å². The number of nitrogens with one attached hydrogen (secondary N) is 1. The first-order valence-corrected chi connectivity index (χ1v) is 6.88. The summed E-state index contributed by atoms with van der Waals surface area (Å²) in [7, 11) is -0.271. The molecule has 0 bridgehead atoms. The minimum atomic E-state index is -3.54. The molecule has 1 rings (SSSR count). The number of carbonyl (C=O) groups excluding carboxylic acids is 1. The normalized spacial score (nSPS) is 10.7. The zero-order chi connectivity index (χ0) is 13.8. The highest BCUT2D eigenvalue weighted by Crippen LogP contribution is 2.11. The molecule has 1 aromatic rings. The van der Waals surface area contributed by atoms with Gasteiger partial charge in [-0.2, -0.15) is 0 Å². The van der Waals surface area contributed by atoms with E-state index in [1.807, 2.05) is 0 Å². The number of nitrogens with two attached hydrogens (primary N) is 1. The van der Waals surface area contributed by atoms with E-state index in [-0.39, 0.29) is 36.3 Å². The fraction of sp³-hybridized carbons (Fsp3) is 0.364. The van der Waals surface area contributed by atoms with Gasteiger partial charge in [0.05, 0.1) is 4.90 Å². The number of amides is 1. The maximum absolute atomic E-state index is 11.7. The van der Waals surface area contributed by atoms with E-state index >= 15 is 0 Å². The van der Waals surface area contributed by atoms with Gasteiger partial charge in [-0.1, -0.05) is 0 Å². The quantitative estimate of drug-likeness (QED) is 0.804. The highest BCUT2D eigenvalue weighted by molar-refractivity contribution is 7.89. The van der Waals surface area contributed by atoms with Gasteiger partial charge in [0.1, 0.15) is 0 Å². The number of rotatable bonds is 5. The van der Waals surface area contributed by atoms with E-state index < -0.39 is 10.0 Å². The number of hydrogen-bond acceptors (Lipinski definition) is 4. The average Bonchev–Trinajstić information content (AvgIpc) is 2.35. The van der Waals surface area contributed by atoms with Gasteiger partial charge in [-0.05, 0) is 24.3 Å². The second kappa shape index (κ2) is 7.44. The fourth-order valence-electron chi connectivity index (χ4n) is 1.31. The number of benzene rings is 1. The van der Waals surface area contributed by atoms with Crippen molar-refractivity contribution in [2.45, 2.75) is 4.90 Å². The lowest BCUT2D eigenvalue weighted by molar-refractivity contribution is 0.0827. The van der Waals surface area contributed by atoms with Crippen molar-refractivity contribution < 1.29 is 13.2 Å². The zero-order valence-corrected chi connectivity index (χ0v) is 12.4. The summed E-state index contributed by atoms with van der Waals surface area (Å²) in [5.41, 5.74) is 5.68. The summed E-state index contributed by atoms with van der Waals surface area (Å²) in [4.78, 5) is 13.2. The Bertz CT molecular complexity index is 514. The Morgan fingerprint density at radius 1 is 1.26 bits per heavy atom. The highest BCUT2D eigenvalue weighted by atomic mass is 35.5. The molecular formula is C11H18ClN3O3S. The third kappa shape index (κ3) is 4.79. The molecule has 1 amide bonds. The second-order valence-corrected chi connectivity index (χ2v) is 5.68. The first-order valence-electron chi connectivity index (χ1n) is 5.40. The van der Waals surface area contributed by atoms with Crippen LogP contribution in [-0.4, -0.2) is 46.4 Å². The molecule has 0 aromatic heterocycles. The van der Waals surface area contributed by atoms with Crippen LogP contribution in [0.1, 0.15) is 10.4 Å². The van der Waals surface area contributed by atoms with Crippen LogP contribution in [0.4, 0.5) is 0 Å². The number of hydrogen-bond donors (Lipinski definition) is 2. The summed E-state index contributed by atoms with van der Waals surface area (Å²) in [6.07, 6.45) is 0. The maximum atomic E-state index is 11.7. The van der Waals surface area contributed by atoms with Gasteiger partial charge in [0.25, 0.3) is 5.91 Å². The van der Waals surface area contributed by atoms with Crippen molar-refractivity contribution >= 4 is 28.3 Å². The Balaban J connectivity index is 0.00000324. The summed E-state index contributed by atoms with van der Waals surface area (Å²) in [6.45, 7) is 0.414. The Kier molecular flexibility index (Phi) is 6.99. The Morgan fingerprint density at radius 3 is 2.21 bits per heavy atom. The lowest BCUT2D eigenvalue weighted by Gasteiger charge is -2.11. The summed E-state index contributed by atoms with van der Waals surface area (Å²) in [5.74, 6) is -0.172. The second-order valence-electron chi connectivity index (χ2n) is 3.91. The summed E-state index contributed by atoms with van der Waals surface area (Å²) < 4.78 is 25.8. The van der Waals surface area contributed by atoms with Crippen molar-refractivity contribution in [2.24, 2.45) is 5.73 Å². The van der Waals surface area contributed by atoms with E-state index in [1.165, 1.54) is 29.2 Å². The van der Waals surface area contributed by atoms with Crippen LogP contribution in [0.2, 0.25) is 0 Å². The van der Waals surface area contributed by atoms with E-state index in [4.69, 9.17) is 5.73 Å². The van der Waals surface area contributed by atoms with Crippen molar-refractivity contribution in [3.63, 3.8) is 0 Å². The fourth-order valence-corrected chi connectivity index (χ4v) is 2.36. The third-order valence-electron chi connectivity index (χ3n) is 2.25. The van der Waals surface area contributed by atoms with Crippen LogP contribution in [-0.2, 0) is 10.0 Å². The molecule has 0 aliphatic rings. The van der Waals surface area contributed by atoms with Crippen LogP contribution in [0.15, 0.2) is 29.2 Å². The Morgan fingerprint density at radius 2 is 1.79 bits per heavy atom. The molecule has 0 unspecified atom stereocenters. The van der Waals surface area contributed by atoms with Crippen LogP contribution in [0, 0.1) is 0 Å². The first-order chi connectivity index (χ1) is 8.38. The lowest BCUT2D eigenvalue weighted by atomic mass is 10.2. The SMILES string of the molecule is CN(C)C(=O)c1ccc(S(=O)(=O)NCCN)cc1.Cl. The number of halogens is 1. The molecule has 0 spiro atoms. The molecule has 0 radical (unpaired) electrons. The number of sulfonamides is 1. The standard InChI is InChI=1S/C11H17N3O3S.ClH/c1-14(2)11(15)9-3-5-10(6-4-9)18(16,17)13-8-7-12;/h3-6,13H,7-8,12H2,1-2H3;1H. The van der Waals surface area contributed by atoms with Crippen molar-refractivity contribution in [1.29, 1.82) is 0 Å². The molecule has 3 N–H and O–H groups in total.